The first-order valence-corrected chi connectivity index (χ1v) is 7.87. The molecule has 2 rings (SSSR count). The molecule has 0 amide bonds. The van der Waals surface area contributed by atoms with Crippen molar-refractivity contribution in [1.82, 2.24) is 15.1 Å². The molecule has 1 atom stereocenters. The average Bonchev–Trinajstić information content (AvgIpc) is 2.66. The minimum Gasteiger partial charge on any atom is -0.310 e. The Hall–Kier alpha value is -0.840. The zero-order chi connectivity index (χ0) is 14.9. The maximum Gasteiger partial charge on any atom is 0.0848 e. The number of halogens is 2. The van der Waals surface area contributed by atoms with Crippen LogP contribution >= 0.6 is 27.5 Å². The molecule has 5 heteroatoms. The largest absolute Gasteiger partial charge is 0.310 e. The van der Waals surface area contributed by atoms with E-state index in [1.165, 1.54) is 5.56 Å². The summed E-state index contributed by atoms with van der Waals surface area (Å²) in [6.45, 7) is 9.11. The molecule has 1 aromatic heterocycles. The van der Waals surface area contributed by atoms with Crippen LogP contribution in [0.4, 0.5) is 0 Å². The second kappa shape index (κ2) is 6.29. The van der Waals surface area contributed by atoms with Gasteiger partial charge in [-0.2, -0.15) is 5.10 Å². The molecule has 0 radical (unpaired) electrons. The minimum absolute atomic E-state index is 0.328. The van der Waals surface area contributed by atoms with Crippen molar-refractivity contribution in [2.45, 2.75) is 33.7 Å². The third-order valence-electron chi connectivity index (χ3n) is 3.41. The van der Waals surface area contributed by atoms with Crippen LogP contribution in [-0.2, 0) is 0 Å². The Kier molecular flexibility index (Phi) is 4.89. The molecule has 0 aliphatic heterocycles. The summed E-state index contributed by atoms with van der Waals surface area (Å²) in [5, 5.41) is 8.62. The number of rotatable bonds is 4. The lowest BCUT2D eigenvalue weighted by atomic mass is 10.1. The van der Waals surface area contributed by atoms with E-state index in [0.29, 0.717) is 6.04 Å². The Labute approximate surface area is 133 Å². The molecule has 0 bridgehead atoms. The SMILES string of the molecule is CCNC(C)c1ccc(-n2nc(C)c(Cl)c2C)c(Br)c1. The highest BCUT2D eigenvalue weighted by Crippen LogP contribution is 2.29. The molecule has 2 aromatic rings. The Morgan fingerprint density at radius 3 is 2.60 bits per heavy atom. The van der Waals surface area contributed by atoms with Gasteiger partial charge < -0.3 is 5.32 Å². The van der Waals surface area contributed by atoms with Crippen molar-refractivity contribution < 1.29 is 0 Å². The lowest BCUT2D eigenvalue weighted by Crippen LogP contribution is -2.17. The quantitative estimate of drug-likeness (QED) is 0.869. The molecule has 1 aromatic carbocycles. The van der Waals surface area contributed by atoms with Crippen LogP contribution in [0.25, 0.3) is 5.69 Å². The smallest absolute Gasteiger partial charge is 0.0848 e. The van der Waals surface area contributed by atoms with Crippen molar-refractivity contribution in [3.05, 3.63) is 44.6 Å². The zero-order valence-electron chi connectivity index (χ0n) is 12.2. The summed E-state index contributed by atoms with van der Waals surface area (Å²) in [6.07, 6.45) is 0. The lowest BCUT2D eigenvalue weighted by molar-refractivity contribution is 0.597. The van der Waals surface area contributed by atoms with Crippen LogP contribution in [0.1, 0.15) is 36.8 Å². The predicted octanol–water partition coefficient (Wildman–Crippen LogP) is 4.58. The summed E-state index contributed by atoms with van der Waals surface area (Å²) >= 11 is 9.85. The first-order valence-electron chi connectivity index (χ1n) is 6.70. The summed E-state index contributed by atoms with van der Waals surface area (Å²) in [4.78, 5) is 0. The molecule has 0 spiro atoms. The van der Waals surface area contributed by atoms with Gasteiger partial charge in [0.25, 0.3) is 0 Å². The highest BCUT2D eigenvalue weighted by molar-refractivity contribution is 9.10. The van der Waals surface area contributed by atoms with Gasteiger partial charge in [-0.25, -0.2) is 4.68 Å². The molecule has 0 aliphatic rings. The number of nitrogens with zero attached hydrogens (tertiary/aromatic N) is 2. The van der Waals surface area contributed by atoms with E-state index in [-0.39, 0.29) is 0 Å². The van der Waals surface area contributed by atoms with Crippen LogP contribution in [0.3, 0.4) is 0 Å². The third-order valence-corrected chi connectivity index (χ3v) is 4.60. The van der Waals surface area contributed by atoms with E-state index in [1.807, 2.05) is 18.5 Å². The Morgan fingerprint density at radius 2 is 2.10 bits per heavy atom. The Bertz CT molecular complexity index is 622. The second-order valence-corrected chi connectivity index (χ2v) is 6.12. The first kappa shape index (κ1) is 15.5. The van der Waals surface area contributed by atoms with Gasteiger partial charge in [0, 0.05) is 10.5 Å². The average molecular weight is 357 g/mol. The Balaban J connectivity index is 2.41. The van der Waals surface area contributed by atoms with Gasteiger partial charge >= 0.3 is 0 Å². The molecule has 1 heterocycles. The van der Waals surface area contributed by atoms with Crippen LogP contribution in [0.15, 0.2) is 22.7 Å². The highest BCUT2D eigenvalue weighted by Gasteiger charge is 2.14. The normalized spacial score (nSPS) is 12.7. The standard InChI is InChI=1S/C15H19BrClN3/c1-5-18-9(2)12-6-7-14(13(16)8-12)20-11(4)15(17)10(3)19-20/h6-9,18H,5H2,1-4H3. The van der Waals surface area contributed by atoms with E-state index < -0.39 is 0 Å². The van der Waals surface area contributed by atoms with E-state index >= 15 is 0 Å². The van der Waals surface area contributed by atoms with Crippen molar-refractivity contribution in [1.29, 1.82) is 0 Å². The lowest BCUT2D eigenvalue weighted by Gasteiger charge is -2.15. The van der Waals surface area contributed by atoms with Crippen molar-refractivity contribution >= 4 is 27.5 Å². The van der Waals surface area contributed by atoms with Gasteiger partial charge in [-0.3, -0.25) is 0 Å². The van der Waals surface area contributed by atoms with Crippen molar-refractivity contribution in [2.24, 2.45) is 0 Å². The molecule has 0 fully saturated rings. The molecule has 20 heavy (non-hydrogen) atoms. The second-order valence-electron chi connectivity index (χ2n) is 4.89. The van der Waals surface area contributed by atoms with Gasteiger partial charge in [-0.15, -0.1) is 0 Å². The molecule has 0 saturated carbocycles. The maximum atomic E-state index is 6.21. The van der Waals surface area contributed by atoms with E-state index in [2.05, 4.69) is 58.4 Å². The van der Waals surface area contributed by atoms with Crippen LogP contribution in [0, 0.1) is 13.8 Å². The zero-order valence-corrected chi connectivity index (χ0v) is 14.5. The molecule has 1 unspecified atom stereocenters. The predicted molar refractivity (Wildman–Crippen MR) is 87.8 cm³/mol. The monoisotopic (exact) mass is 355 g/mol. The molecule has 0 aliphatic carbocycles. The van der Waals surface area contributed by atoms with Gasteiger partial charge in [0.2, 0.25) is 0 Å². The van der Waals surface area contributed by atoms with Crippen molar-refractivity contribution in [3.8, 4) is 5.69 Å². The minimum atomic E-state index is 0.328. The van der Waals surface area contributed by atoms with Crippen LogP contribution in [0.5, 0.6) is 0 Å². The number of benzene rings is 1. The van der Waals surface area contributed by atoms with Gasteiger partial charge in [-0.1, -0.05) is 24.6 Å². The number of aromatic nitrogens is 2. The van der Waals surface area contributed by atoms with E-state index in [0.717, 1.165) is 33.1 Å². The number of nitrogens with one attached hydrogen (secondary N) is 1. The molecule has 0 saturated heterocycles. The number of hydrogen-bond donors (Lipinski definition) is 1. The molecular formula is C15H19BrClN3. The summed E-state index contributed by atoms with van der Waals surface area (Å²) in [6, 6.07) is 6.66. The first-order chi connectivity index (χ1) is 9.45. The fourth-order valence-corrected chi connectivity index (χ4v) is 2.93. The molecular weight excluding hydrogens is 338 g/mol. The summed E-state index contributed by atoms with van der Waals surface area (Å²) in [5.41, 5.74) is 4.05. The maximum absolute atomic E-state index is 6.21. The van der Waals surface area contributed by atoms with Crippen LogP contribution in [-0.4, -0.2) is 16.3 Å². The molecule has 1 N–H and O–H groups in total. The summed E-state index contributed by atoms with van der Waals surface area (Å²) in [7, 11) is 0. The van der Waals surface area contributed by atoms with Crippen LogP contribution in [0.2, 0.25) is 5.02 Å². The van der Waals surface area contributed by atoms with Gasteiger partial charge in [0.1, 0.15) is 0 Å². The van der Waals surface area contributed by atoms with Gasteiger partial charge in [0.05, 0.1) is 22.1 Å². The van der Waals surface area contributed by atoms with Crippen molar-refractivity contribution in [3.63, 3.8) is 0 Å². The van der Waals surface area contributed by atoms with E-state index in [4.69, 9.17) is 11.6 Å². The summed E-state index contributed by atoms with van der Waals surface area (Å²) in [5.74, 6) is 0. The Morgan fingerprint density at radius 1 is 1.40 bits per heavy atom. The fourth-order valence-electron chi connectivity index (χ4n) is 2.25. The summed E-state index contributed by atoms with van der Waals surface area (Å²) < 4.78 is 2.89. The van der Waals surface area contributed by atoms with Crippen molar-refractivity contribution in [2.75, 3.05) is 6.54 Å². The molecule has 3 nitrogen and oxygen atoms in total. The van der Waals surface area contributed by atoms with Crippen LogP contribution < -0.4 is 5.32 Å². The van der Waals surface area contributed by atoms with Gasteiger partial charge in [-0.05, 0) is 60.9 Å². The highest BCUT2D eigenvalue weighted by atomic mass is 79.9. The fraction of sp³-hybridized carbons (Fsp3) is 0.400. The number of hydrogen-bond acceptors (Lipinski definition) is 2. The topological polar surface area (TPSA) is 29.9 Å². The third kappa shape index (κ3) is 2.92. The number of aryl methyl sites for hydroxylation is 1. The molecule has 108 valence electrons. The van der Waals surface area contributed by atoms with E-state index in [1.54, 1.807) is 0 Å². The van der Waals surface area contributed by atoms with E-state index in [9.17, 15) is 0 Å². The van der Waals surface area contributed by atoms with Gasteiger partial charge in [0.15, 0.2) is 0 Å².